The first-order chi connectivity index (χ1) is 14.7. The van der Waals surface area contributed by atoms with Gasteiger partial charge in [0.2, 0.25) is 10.0 Å². The molecule has 0 spiro atoms. The normalized spacial score (nSPS) is 19.4. The first-order valence-electron chi connectivity index (χ1n) is 11.3. The van der Waals surface area contributed by atoms with Crippen LogP contribution in [0.3, 0.4) is 0 Å². The predicted octanol–water partition coefficient (Wildman–Crippen LogP) is 1.90. The van der Waals surface area contributed by atoms with Crippen LogP contribution in [0.5, 0.6) is 0 Å². The van der Waals surface area contributed by atoms with E-state index in [2.05, 4.69) is 9.80 Å². The molecule has 2 heterocycles. The molecule has 1 aromatic rings. The molecular weight excluding hydrogens is 402 g/mol. The highest BCUT2D eigenvalue weighted by atomic mass is 32.2. The monoisotopic (exact) mass is 439 g/mol. The summed E-state index contributed by atoms with van der Waals surface area (Å²) < 4.78 is 38.9. The van der Waals surface area contributed by atoms with Gasteiger partial charge in [-0.1, -0.05) is 18.2 Å². The summed E-state index contributed by atoms with van der Waals surface area (Å²) in [5.41, 5.74) is 0. The fourth-order valence-corrected chi connectivity index (χ4v) is 5.53. The molecule has 7 nitrogen and oxygen atoms in total. The molecule has 0 aromatic heterocycles. The molecule has 0 amide bonds. The Balaban J connectivity index is 1.48. The van der Waals surface area contributed by atoms with Crippen molar-refractivity contribution in [2.24, 2.45) is 0 Å². The minimum Gasteiger partial charge on any atom is -0.379 e. The SMILES string of the molecule is O=S(=O)(c1ccccc1)N(CCCCN1CCOCC1)CCCCN1CCOCC1. The zero-order valence-electron chi connectivity index (χ0n) is 18.1. The van der Waals surface area contributed by atoms with E-state index < -0.39 is 10.0 Å². The fraction of sp³-hybridized carbons (Fsp3) is 0.727. The van der Waals surface area contributed by atoms with Crippen LogP contribution in [0.2, 0.25) is 0 Å². The lowest BCUT2D eigenvalue weighted by molar-refractivity contribution is 0.0367. The molecule has 8 heteroatoms. The molecule has 2 aliphatic rings. The van der Waals surface area contributed by atoms with Crippen LogP contribution in [-0.2, 0) is 19.5 Å². The lowest BCUT2D eigenvalue weighted by Crippen LogP contribution is -2.38. The minimum absolute atomic E-state index is 0.395. The molecule has 0 unspecified atom stereocenters. The Morgan fingerprint density at radius 3 is 1.67 bits per heavy atom. The van der Waals surface area contributed by atoms with Gasteiger partial charge < -0.3 is 9.47 Å². The van der Waals surface area contributed by atoms with Gasteiger partial charge in [-0.3, -0.25) is 9.80 Å². The van der Waals surface area contributed by atoms with Crippen molar-refractivity contribution in [1.29, 1.82) is 0 Å². The van der Waals surface area contributed by atoms with E-state index >= 15 is 0 Å². The summed E-state index contributed by atoms with van der Waals surface area (Å²) in [6.07, 6.45) is 3.78. The largest absolute Gasteiger partial charge is 0.379 e. The summed E-state index contributed by atoms with van der Waals surface area (Å²) in [5, 5.41) is 0. The molecule has 3 rings (SSSR count). The molecular formula is C22H37N3O4S. The van der Waals surface area contributed by atoms with Crippen molar-refractivity contribution in [1.82, 2.24) is 14.1 Å². The number of hydrogen-bond acceptors (Lipinski definition) is 6. The van der Waals surface area contributed by atoms with Crippen LogP contribution < -0.4 is 0 Å². The number of rotatable bonds is 12. The Kier molecular flexibility index (Phi) is 10.0. The second kappa shape index (κ2) is 12.7. The van der Waals surface area contributed by atoms with Crippen molar-refractivity contribution in [3.8, 4) is 0 Å². The highest BCUT2D eigenvalue weighted by Gasteiger charge is 2.23. The van der Waals surface area contributed by atoms with Crippen molar-refractivity contribution in [3.63, 3.8) is 0 Å². The zero-order chi connectivity index (χ0) is 21.1. The van der Waals surface area contributed by atoms with Gasteiger partial charge in [0.05, 0.1) is 31.3 Å². The zero-order valence-corrected chi connectivity index (χ0v) is 18.9. The second-order valence-electron chi connectivity index (χ2n) is 8.04. The highest BCUT2D eigenvalue weighted by molar-refractivity contribution is 7.89. The van der Waals surface area contributed by atoms with E-state index in [1.807, 2.05) is 6.07 Å². The lowest BCUT2D eigenvalue weighted by Gasteiger charge is -2.28. The van der Waals surface area contributed by atoms with Gasteiger partial charge in [0.25, 0.3) is 0 Å². The van der Waals surface area contributed by atoms with E-state index in [1.54, 1.807) is 28.6 Å². The fourth-order valence-electron chi connectivity index (χ4n) is 3.99. The number of unbranched alkanes of at least 4 members (excludes halogenated alkanes) is 2. The summed E-state index contributed by atoms with van der Waals surface area (Å²) in [6.45, 7) is 10.3. The van der Waals surface area contributed by atoms with E-state index in [0.717, 1.165) is 91.4 Å². The molecule has 1 aromatic carbocycles. The highest BCUT2D eigenvalue weighted by Crippen LogP contribution is 2.17. The Morgan fingerprint density at radius 1 is 0.733 bits per heavy atom. The van der Waals surface area contributed by atoms with E-state index in [9.17, 15) is 8.42 Å². The van der Waals surface area contributed by atoms with Crippen molar-refractivity contribution in [2.45, 2.75) is 30.6 Å². The third kappa shape index (κ3) is 7.59. The molecule has 0 aliphatic carbocycles. The Labute approximate surface area is 182 Å². The van der Waals surface area contributed by atoms with E-state index in [0.29, 0.717) is 18.0 Å². The van der Waals surface area contributed by atoms with E-state index in [4.69, 9.17) is 9.47 Å². The molecule has 30 heavy (non-hydrogen) atoms. The van der Waals surface area contributed by atoms with E-state index in [1.165, 1.54) is 0 Å². The molecule has 0 radical (unpaired) electrons. The van der Waals surface area contributed by atoms with Gasteiger partial charge in [-0.25, -0.2) is 8.42 Å². The van der Waals surface area contributed by atoms with Crippen molar-refractivity contribution >= 4 is 10.0 Å². The standard InChI is InChI=1S/C22H37N3O4S/c26-30(27,22-8-2-1-3-9-22)25(12-6-4-10-23-14-18-28-19-15-23)13-7-5-11-24-16-20-29-21-17-24/h1-3,8-9H,4-7,10-21H2. The molecule has 2 aliphatic heterocycles. The van der Waals surface area contributed by atoms with Gasteiger partial charge in [-0.15, -0.1) is 0 Å². The van der Waals surface area contributed by atoms with Crippen LogP contribution in [0.25, 0.3) is 0 Å². The first kappa shape index (κ1) is 23.6. The summed E-state index contributed by atoms with van der Waals surface area (Å²) in [6, 6.07) is 8.84. The van der Waals surface area contributed by atoms with Crippen LogP contribution in [0.4, 0.5) is 0 Å². The van der Waals surface area contributed by atoms with Crippen LogP contribution in [-0.4, -0.2) is 101 Å². The number of hydrogen-bond donors (Lipinski definition) is 0. The third-order valence-electron chi connectivity index (χ3n) is 5.85. The predicted molar refractivity (Wildman–Crippen MR) is 118 cm³/mol. The van der Waals surface area contributed by atoms with Crippen LogP contribution >= 0.6 is 0 Å². The molecule has 0 saturated carbocycles. The number of benzene rings is 1. The second-order valence-corrected chi connectivity index (χ2v) is 9.98. The van der Waals surface area contributed by atoms with Crippen LogP contribution in [0.15, 0.2) is 35.2 Å². The smallest absolute Gasteiger partial charge is 0.243 e. The molecule has 170 valence electrons. The maximum absolute atomic E-state index is 13.2. The average molecular weight is 440 g/mol. The maximum atomic E-state index is 13.2. The third-order valence-corrected chi connectivity index (χ3v) is 7.76. The summed E-state index contributed by atoms with van der Waals surface area (Å²) >= 11 is 0. The number of ether oxygens (including phenoxy) is 2. The molecule has 2 fully saturated rings. The average Bonchev–Trinajstić information content (AvgIpc) is 2.80. The van der Waals surface area contributed by atoms with E-state index in [-0.39, 0.29) is 0 Å². The molecule has 0 bridgehead atoms. The first-order valence-corrected chi connectivity index (χ1v) is 12.8. The summed E-state index contributed by atoms with van der Waals surface area (Å²) in [5.74, 6) is 0. The lowest BCUT2D eigenvalue weighted by atomic mass is 10.2. The van der Waals surface area contributed by atoms with Crippen molar-refractivity contribution < 1.29 is 17.9 Å². The Bertz CT molecular complexity index is 664. The Morgan fingerprint density at radius 2 is 1.20 bits per heavy atom. The molecule has 2 saturated heterocycles. The minimum atomic E-state index is -3.45. The topological polar surface area (TPSA) is 62.3 Å². The quantitative estimate of drug-likeness (QED) is 0.464. The number of nitrogens with zero attached hydrogens (tertiary/aromatic N) is 3. The van der Waals surface area contributed by atoms with Crippen LogP contribution in [0, 0.1) is 0 Å². The Hall–Kier alpha value is -1.03. The van der Waals surface area contributed by atoms with Gasteiger partial charge in [0.1, 0.15) is 0 Å². The number of sulfonamides is 1. The van der Waals surface area contributed by atoms with Gasteiger partial charge in [0, 0.05) is 39.3 Å². The maximum Gasteiger partial charge on any atom is 0.243 e. The van der Waals surface area contributed by atoms with Gasteiger partial charge in [-0.05, 0) is 50.9 Å². The van der Waals surface area contributed by atoms with Crippen molar-refractivity contribution in [3.05, 3.63) is 30.3 Å². The summed E-state index contributed by atoms with van der Waals surface area (Å²) in [7, 11) is -3.45. The van der Waals surface area contributed by atoms with Crippen LogP contribution in [0.1, 0.15) is 25.7 Å². The number of morpholine rings is 2. The summed E-state index contributed by atoms with van der Waals surface area (Å²) in [4.78, 5) is 5.20. The molecule has 0 atom stereocenters. The van der Waals surface area contributed by atoms with Crippen molar-refractivity contribution in [2.75, 3.05) is 78.8 Å². The van der Waals surface area contributed by atoms with Gasteiger partial charge >= 0.3 is 0 Å². The molecule has 0 N–H and O–H groups in total. The van der Waals surface area contributed by atoms with Gasteiger partial charge in [-0.2, -0.15) is 4.31 Å². The van der Waals surface area contributed by atoms with Gasteiger partial charge in [0.15, 0.2) is 0 Å².